The van der Waals surface area contributed by atoms with Crippen LogP contribution in [0, 0.1) is 28.6 Å². The first kappa shape index (κ1) is 12.2. The maximum Gasteiger partial charge on any atom is 0.339 e. The van der Waals surface area contributed by atoms with Crippen LogP contribution < -0.4 is 0 Å². The van der Waals surface area contributed by atoms with Crippen LogP contribution in [0.15, 0.2) is 0 Å². The Morgan fingerprint density at radius 3 is 2.42 bits per heavy atom. The first-order valence-corrected chi connectivity index (χ1v) is 7.26. The van der Waals surface area contributed by atoms with Gasteiger partial charge in [-0.15, -0.1) is 0 Å². The number of fused-ring (bicyclic) bond motifs is 2. The SMILES string of the molecule is CC1CC2(O)C(=O)OC3C4C(CC4(C)C)C2(C)C13O. The number of ether oxygens (including phenoxy) is 1. The molecule has 3 saturated carbocycles. The molecule has 1 saturated heterocycles. The number of esters is 1. The molecule has 4 aliphatic rings. The summed E-state index contributed by atoms with van der Waals surface area (Å²) in [5.41, 5.74) is -3.25. The van der Waals surface area contributed by atoms with Crippen LogP contribution >= 0.6 is 0 Å². The molecule has 0 aromatic rings. The van der Waals surface area contributed by atoms with Gasteiger partial charge in [-0.1, -0.05) is 27.7 Å². The van der Waals surface area contributed by atoms with Crippen molar-refractivity contribution in [2.45, 2.75) is 57.8 Å². The van der Waals surface area contributed by atoms with E-state index in [1.165, 1.54) is 0 Å². The Hall–Kier alpha value is -0.610. The second kappa shape index (κ2) is 2.73. The predicted molar refractivity (Wildman–Crippen MR) is 67.0 cm³/mol. The molecular formula is C15H22O4. The van der Waals surface area contributed by atoms with E-state index in [0.717, 1.165) is 6.42 Å². The Morgan fingerprint density at radius 1 is 1.21 bits per heavy atom. The molecule has 4 nitrogen and oxygen atoms in total. The molecule has 0 radical (unpaired) electrons. The molecule has 0 amide bonds. The van der Waals surface area contributed by atoms with Gasteiger partial charge in [0.15, 0.2) is 5.60 Å². The highest BCUT2D eigenvalue weighted by Gasteiger charge is 2.88. The Labute approximate surface area is 113 Å². The molecular weight excluding hydrogens is 244 g/mol. The van der Waals surface area contributed by atoms with E-state index in [0.29, 0.717) is 6.42 Å². The summed E-state index contributed by atoms with van der Waals surface area (Å²) in [5, 5.41) is 22.2. The minimum absolute atomic E-state index is 0.0731. The fourth-order valence-electron chi connectivity index (χ4n) is 6.18. The van der Waals surface area contributed by atoms with E-state index in [-0.39, 0.29) is 23.2 Å². The monoisotopic (exact) mass is 266 g/mol. The van der Waals surface area contributed by atoms with Gasteiger partial charge < -0.3 is 14.9 Å². The molecule has 0 aromatic heterocycles. The van der Waals surface area contributed by atoms with Crippen LogP contribution in [0.1, 0.15) is 40.5 Å². The Balaban J connectivity index is 1.98. The third-order valence-corrected chi connectivity index (χ3v) is 7.20. The fourth-order valence-corrected chi connectivity index (χ4v) is 6.18. The zero-order chi connectivity index (χ0) is 14.0. The van der Waals surface area contributed by atoms with E-state index in [4.69, 9.17) is 4.74 Å². The molecule has 7 unspecified atom stereocenters. The number of hydrogen-bond acceptors (Lipinski definition) is 4. The Kier molecular flexibility index (Phi) is 1.74. The van der Waals surface area contributed by atoms with Gasteiger partial charge in [-0.05, 0) is 30.1 Å². The van der Waals surface area contributed by atoms with Gasteiger partial charge in [-0.2, -0.15) is 0 Å². The maximum atomic E-state index is 12.3. The molecule has 1 heterocycles. The van der Waals surface area contributed by atoms with E-state index in [1.807, 2.05) is 13.8 Å². The van der Waals surface area contributed by atoms with Crippen LogP contribution in [0.25, 0.3) is 0 Å². The van der Waals surface area contributed by atoms with Crippen molar-refractivity contribution in [1.29, 1.82) is 0 Å². The molecule has 3 aliphatic carbocycles. The van der Waals surface area contributed by atoms with Gasteiger partial charge in [-0.3, -0.25) is 0 Å². The topological polar surface area (TPSA) is 66.8 Å². The van der Waals surface area contributed by atoms with E-state index in [2.05, 4.69) is 13.8 Å². The summed E-state index contributed by atoms with van der Waals surface area (Å²) in [6.07, 6.45) is 0.814. The van der Waals surface area contributed by atoms with Crippen molar-refractivity contribution >= 4 is 5.97 Å². The van der Waals surface area contributed by atoms with Crippen LogP contribution in [-0.4, -0.2) is 33.5 Å². The van der Waals surface area contributed by atoms with Gasteiger partial charge in [-0.25, -0.2) is 4.79 Å². The predicted octanol–water partition coefficient (Wildman–Crippen LogP) is 1.10. The van der Waals surface area contributed by atoms with Crippen LogP contribution in [0.5, 0.6) is 0 Å². The number of carbonyl (C=O) groups excluding carboxylic acids is 1. The van der Waals surface area contributed by atoms with Crippen molar-refractivity contribution in [3.05, 3.63) is 0 Å². The first-order chi connectivity index (χ1) is 8.60. The molecule has 4 bridgehead atoms. The molecule has 4 heteroatoms. The second-order valence-electron chi connectivity index (χ2n) is 8.14. The summed E-state index contributed by atoms with van der Waals surface area (Å²) < 4.78 is 5.54. The highest BCUT2D eigenvalue weighted by Crippen LogP contribution is 2.79. The van der Waals surface area contributed by atoms with Crippen molar-refractivity contribution in [1.82, 2.24) is 0 Å². The molecule has 2 N–H and O–H groups in total. The van der Waals surface area contributed by atoms with Crippen LogP contribution in [0.2, 0.25) is 0 Å². The Morgan fingerprint density at radius 2 is 1.84 bits per heavy atom. The largest absolute Gasteiger partial charge is 0.457 e. The highest BCUT2D eigenvalue weighted by atomic mass is 16.6. The molecule has 4 fully saturated rings. The van der Waals surface area contributed by atoms with E-state index < -0.39 is 28.7 Å². The third kappa shape index (κ3) is 0.855. The molecule has 7 atom stereocenters. The lowest BCUT2D eigenvalue weighted by Gasteiger charge is -2.54. The average molecular weight is 266 g/mol. The van der Waals surface area contributed by atoms with Crippen molar-refractivity contribution in [3.63, 3.8) is 0 Å². The van der Waals surface area contributed by atoms with Gasteiger partial charge in [0.25, 0.3) is 0 Å². The normalized spacial score (nSPS) is 64.4. The van der Waals surface area contributed by atoms with Gasteiger partial charge in [0.1, 0.15) is 11.7 Å². The van der Waals surface area contributed by atoms with Crippen LogP contribution in [0.3, 0.4) is 0 Å². The maximum absolute atomic E-state index is 12.3. The van der Waals surface area contributed by atoms with E-state index in [9.17, 15) is 15.0 Å². The summed E-state index contributed by atoms with van der Waals surface area (Å²) >= 11 is 0. The zero-order valence-electron chi connectivity index (χ0n) is 11.9. The van der Waals surface area contributed by atoms with Gasteiger partial charge in [0, 0.05) is 11.3 Å². The van der Waals surface area contributed by atoms with Crippen molar-refractivity contribution in [3.8, 4) is 0 Å². The fraction of sp³-hybridized carbons (Fsp3) is 0.933. The Bertz CT molecular complexity index is 500. The smallest absolute Gasteiger partial charge is 0.339 e. The number of rotatable bonds is 0. The third-order valence-electron chi connectivity index (χ3n) is 7.20. The van der Waals surface area contributed by atoms with Gasteiger partial charge in [0.05, 0.1) is 0 Å². The highest BCUT2D eigenvalue weighted by molar-refractivity contribution is 5.84. The molecule has 19 heavy (non-hydrogen) atoms. The summed E-state index contributed by atoms with van der Waals surface area (Å²) in [5.74, 6) is -0.276. The summed E-state index contributed by atoms with van der Waals surface area (Å²) in [6, 6.07) is 0. The molecule has 0 aromatic carbocycles. The lowest BCUT2D eigenvalue weighted by Crippen LogP contribution is -2.65. The van der Waals surface area contributed by atoms with Crippen LogP contribution in [0.4, 0.5) is 0 Å². The second-order valence-corrected chi connectivity index (χ2v) is 8.14. The number of aliphatic hydroxyl groups is 2. The van der Waals surface area contributed by atoms with Crippen LogP contribution in [-0.2, 0) is 9.53 Å². The zero-order valence-corrected chi connectivity index (χ0v) is 11.9. The molecule has 0 spiro atoms. The summed E-state index contributed by atoms with van der Waals surface area (Å²) in [7, 11) is 0. The molecule has 4 rings (SSSR count). The average Bonchev–Trinajstić information content (AvgIpc) is 2.49. The van der Waals surface area contributed by atoms with Gasteiger partial charge in [0.2, 0.25) is 0 Å². The van der Waals surface area contributed by atoms with Crippen molar-refractivity contribution in [2.24, 2.45) is 28.6 Å². The standard InChI is InChI=1S/C15H22O4/c1-7-5-14(17)11(16)19-10-9-8(6-12(9,2)3)13(14,4)15(7,10)18/h7-10,17-18H,5-6H2,1-4H3. The van der Waals surface area contributed by atoms with E-state index >= 15 is 0 Å². The minimum Gasteiger partial charge on any atom is -0.457 e. The quantitative estimate of drug-likeness (QED) is 0.644. The summed E-state index contributed by atoms with van der Waals surface area (Å²) in [4.78, 5) is 12.3. The lowest BCUT2D eigenvalue weighted by molar-refractivity contribution is -0.236. The lowest BCUT2D eigenvalue weighted by atomic mass is 9.50. The number of carbonyl (C=O) groups is 1. The summed E-state index contributed by atoms with van der Waals surface area (Å²) in [6.45, 7) is 8.17. The van der Waals surface area contributed by atoms with Crippen molar-refractivity contribution < 1.29 is 19.7 Å². The molecule has 106 valence electrons. The first-order valence-electron chi connectivity index (χ1n) is 7.26. The molecule has 1 aliphatic heterocycles. The van der Waals surface area contributed by atoms with Gasteiger partial charge >= 0.3 is 5.97 Å². The van der Waals surface area contributed by atoms with Crippen molar-refractivity contribution in [2.75, 3.05) is 0 Å². The number of hydrogen-bond donors (Lipinski definition) is 2. The minimum atomic E-state index is -1.51. The van der Waals surface area contributed by atoms with E-state index in [1.54, 1.807) is 0 Å².